The third-order valence-corrected chi connectivity index (χ3v) is 7.07. The second kappa shape index (κ2) is 9.58. The zero-order chi connectivity index (χ0) is 23.8. The average Bonchev–Trinajstić information content (AvgIpc) is 3.34. The minimum absolute atomic E-state index is 0.0131. The molecule has 1 amide bonds. The number of fused-ring (bicyclic) bond motifs is 2. The number of aliphatic hydroxyl groups excluding tert-OH is 1. The van der Waals surface area contributed by atoms with Crippen molar-refractivity contribution in [2.75, 3.05) is 18.1 Å². The van der Waals surface area contributed by atoms with Crippen LogP contribution in [0.25, 0.3) is 11.2 Å². The van der Waals surface area contributed by atoms with Crippen molar-refractivity contribution < 1.29 is 28.6 Å². The van der Waals surface area contributed by atoms with Crippen molar-refractivity contribution >= 4 is 43.4 Å². The number of nitrogens with two attached hydrogens (primary N) is 1. The largest absolute Gasteiger partial charge is 0.386 e. The molecule has 0 radical (unpaired) electrons. The minimum Gasteiger partial charge on any atom is -0.386 e. The number of aromatic amines is 1. The highest BCUT2D eigenvalue weighted by Gasteiger charge is 2.50. The van der Waals surface area contributed by atoms with Crippen LogP contribution in [-0.2, 0) is 25.1 Å². The summed E-state index contributed by atoms with van der Waals surface area (Å²) in [6, 6.07) is 9.46. The normalized spacial score (nSPS) is 26.5. The number of ether oxygens (including phenoxy) is 1. The van der Waals surface area contributed by atoms with Gasteiger partial charge in [-0.15, -0.1) is 0 Å². The summed E-state index contributed by atoms with van der Waals surface area (Å²) in [7, 11) is -2.13. The number of H-pyrrole nitrogens is 1. The molecule has 2 aliphatic heterocycles. The summed E-state index contributed by atoms with van der Waals surface area (Å²) < 4.78 is 17.8. The quantitative estimate of drug-likeness (QED) is 0.223. The van der Waals surface area contributed by atoms with Crippen LogP contribution >= 0.6 is 20.4 Å². The van der Waals surface area contributed by atoms with Gasteiger partial charge < -0.3 is 34.8 Å². The van der Waals surface area contributed by atoms with Crippen LogP contribution in [0.1, 0.15) is 11.8 Å². The molecule has 4 heterocycles. The Morgan fingerprint density at radius 3 is 2.94 bits per heavy atom. The number of thioether (sulfide) groups is 1. The first kappa shape index (κ1) is 23.2. The molecule has 34 heavy (non-hydrogen) atoms. The van der Waals surface area contributed by atoms with Gasteiger partial charge in [0.25, 0.3) is 5.56 Å². The topological polar surface area (TPSA) is 187 Å². The van der Waals surface area contributed by atoms with Crippen molar-refractivity contribution in [2.45, 2.75) is 36.2 Å². The van der Waals surface area contributed by atoms with Gasteiger partial charge in [-0.2, -0.15) is 4.98 Å². The predicted octanol–water partition coefficient (Wildman–Crippen LogP) is 0.00320. The third kappa shape index (κ3) is 4.53. The summed E-state index contributed by atoms with van der Waals surface area (Å²) >= 11 is 1.05. The molecule has 180 valence electrons. The van der Waals surface area contributed by atoms with Gasteiger partial charge in [-0.1, -0.05) is 42.1 Å². The number of carbonyl (C=O) groups excluding carboxylic acids is 1. The van der Waals surface area contributed by atoms with Crippen molar-refractivity contribution in [1.29, 1.82) is 0 Å². The summed E-state index contributed by atoms with van der Waals surface area (Å²) in [5, 5.41) is 13.9. The number of anilines is 1. The van der Waals surface area contributed by atoms with Crippen LogP contribution in [-0.4, -0.2) is 66.1 Å². The van der Waals surface area contributed by atoms with Crippen molar-refractivity contribution in [3.63, 3.8) is 0 Å². The molecule has 5 atom stereocenters. The fraction of sp³-hybridized carbons (Fsp3) is 0.368. The van der Waals surface area contributed by atoms with Gasteiger partial charge in [-0.05, 0) is 5.56 Å². The highest BCUT2D eigenvalue weighted by molar-refractivity contribution is 7.99. The van der Waals surface area contributed by atoms with E-state index in [0.29, 0.717) is 6.54 Å². The first-order chi connectivity index (χ1) is 16.4. The molecule has 1 aromatic carbocycles. The Labute approximate surface area is 197 Å². The third-order valence-electron chi connectivity index (χ3n) is 5.33. The van der Waals surface area contributed by atoms with E-state index in [4.69, 9.17) is 19.5 Å². The molecule has 2 aromatic heterocycles. The highest BCUT2D eigenvalue weighted by atomic mass is 32.2. The zero-order valence-electron chi connectivity index (χ0n) is 17.5. The molecular formula is C19H21N6O7PS. The summed E-state index contributed by atoms with van der Waals surface area (Å²) in [4.78, 5) is 45.4. The first-order valence-corrected chi connectivity index (χ1v) is 12.4. The number of amides is 1. The van der Waals surface area contributed by atoms with Gasteiger partial charge in [0.15, 0.2) is 22.5 Å². The minimum atomic E-state index is -2.13. The number of hydrogen-bond donors (Lipinski definition) is 5. The van der Waals surface area contributed by atoms with Gasteiger partial charge in [0.2, 0.25) is 11.9 Å². The molecule has 0 saturated carbocycles. The summed E-state index contributed by atoms with van der Waals surface area (Å²) in [5.74, 6) is -0.405. The van der Waals surface area contributed by atoms with Gasteiger partial charge in [-0.25, -0.2) is 4.98 Å². The van der Waals surface area contributed by atoms with Crippen molar-refractivity contribution in [1.82, 2.24) is 24.8 Å². The number of carbonyl (C=O) groups is 1. The van der Waals surface area contributed by atoms with E-state index in [1.807, 2.05) is 30.3 Å². The molecule has 0 aliphatic carbocycles. The van der Waals surface area contributed by atoms with Crippen LogP contribution in [0.5, 0.6) is 0 Å². The highest BCUT2D eigenvalue weighted by Crippen LogP contribution is 2.47. The lowest BCUT2D eigenvalue weighted by Crippen LogP contribution is -2.38. The molecule has 0 spiro atoms. The van der Waals surface area contributed by atoms with E-state index in [9.17, 15) is 19.6 Å². The maximum Gasteiger partial charge on any atom is 0.330 e. The smallest absolute Gasteiger partial charge is 0.330 e. The number of nitrogen functional groups attached to an aromatic ring is 1. The van der Waals surface area contributed by atoms with Crippen molar-refractivity contribution in [3.8, 4) is 0 Å². The fourth-order valence-corrected chi connectivity index (χ4v) is 5.41. The SMILES string of the molecule is Nc1nc2c(nc(SCC(=O)NCc3ccccc3)n2C2OC3COP(O)OC3C2O)c(=O)[nH]1. The maximum absolute atomic E-state index is 12.4. The van der Waals surface area contributed by atoms with Crippen molar-refractivity contribution in [2.24, 2.45) is 0 Å². The zero-order valence-corrected chi connectivity index (χ0v) is 19.2. The number of aromatic nitrogens is 4. The van der Waals surface area contributed by atoms with Gasteiger partial charge >= 0.3 is 8.60 Å². The predicted molar refractivity (Wildman–Crippen MR) is 121 cm³/mol. The average molecular weight is 508 g/mol. The molecule has 2 fully saturated rings. The number of imidazole rings is 1. The number of benzene rings is 1. The van der Waals surface area contributed by atoms with E-state index in [-0.39, 0.29) is 40.5 Å². The monoisotopic (exact) mass is 508 g/mol. The van der Waals surface area contributed by atoms with Gasteiger partial charge in [0, 0.05) is 6.54 Å². The molecule has 15 heteroatoms. The van der Waals surface area contributed by atoms with E-state index in [2.05, 4.69) is 20.3 Å². The van der Waals surface area contributed by atoms with Crippen LogP contribution in [0.2, 0.25) is 0 Å². The number of hydrogen-bond acceptors (Lipinski definition) is 11. The van der Waals surface area contributed by atoms with E-state index < -0.39 is 38.7 Å². The lowest BCUT2D eigenvalue weighted by Gasteiger charge is -2.27. The Hall–Kier alpha value is -2.58. The van der Waals surface area contributed by atoms with Crippen LogP contribution in [0, 0.1) is 0 Å². The van der Waals surface area contributed by atoms with E-state index in [0.717, 1.165) is 17.3 Å². The molecule has 5 unspecified atom stereocenters. The summed E-state index contributed by atoms with van der Waals surface area (Å²) in [6.07, 6.45) is -3.79. The number of rotatable bonds is 6. The van der Waals surface area contributed by atoms with Gasteiger partial charge in [-0.3, -0.25) is 19.1 Å². The Kier molecular flexibility index (Phi) is 6.53. The fourth-order valence-electron chi connectivity index (χ4n) is 3.76. The van der Waals surface area contributed by atoms with Gasteiger partial charge in [0.05, 0.1) is 12.4 Å². The maximum atomic E-state index is 12.4. The Balaban J connectivity index is 1.40. The standard InChI is InChI=1S/C19H21N6O7PS/c20-18-23-15-12(16(28)24-18)22-19(34-8-11(26)21-6-9-4-2-1-3-5-9)25(15)17-13(27)14-10(31-17)7-30-33(29)32-14/h1-5,10,13-14,17,27,29H,6-8H2,(H,21,26)(H3,20,23,24,28). The Morgan fingerprint density at radius 2 is 2.15 bits per heavy atom. The second-order valence-corrected chi connectivity index (χ2v) is 9.49. The van der Waals surface area contributed by atoms with E-state index >= 15 is 0 Å². The van der Waals surface area contributed by atoms with E-state index in [1.54, 1.807) is 0 Å². The second-order valence-electron chi connectivity index (χ2n) is 7.60. The lowest BCUT2D eigenvalue weighted by atomic mass is 10.1. The van der Waals surface area contributed by atoms with Crippen LogP contribution in [0.15, 0.2) is 40.3 Å². The molecule has 3 aromatic rings. The number of nitrogens with zero attached hydrogens (tertiary/aromatic N) is 3. The van der Waals surface area contributed by atoms with E-state index in [1.165, 1.54) is 4.57 Å². The Bertz CT molecular complexity index is 1260. The van der Waals surface area contributed by atoms with Crippen LogP contribution < -0.4 is 16.6 Å². The summed E-state index contributed by atoms with van der Waals surface area (Å²) in [6.45, 7) is 0.386. The van der Waals surface area contributed by atoms with Crippen LogP contribution in [0.4, 0.5) is 5.95 Å². The summed E-state index contributed by atoms with van der Waals surface area (Å²) in [5.41, 5.74) is 6.18. The van der Waals surface area contributed by atoms with Crippen LogP contribution in [0.3, 0.4) is 0 Å². The molecule has 6 N–H and O–H groups in total. The Morgan fingerprint density at radius 1 is 1.35 bits per heavy atom. The first-order valence-electron chi connectivity index (χ1n) is 10.2. The van der Waals surface area contributed by atoms with Gasteiger partial charge in [0.1, 0.15) is 18.3 Å². The molecule has 0 bridgehead atoms. The molecular weight excluding hydrogens is 487 g/mol. The molecule has 2 saturated heterocycles. The molecule has 2 aliphatic rings. The molecule has 13 nitrogen and oxygen atoms in total. The number of aliphatic hydroxyl groups is 1. The van der Waals surface area contributed by atoms with Crippen molar-refractivity contribution in [3.05, 3.63) is 46.2 Å². The number of nitrogens with one attached hydrogen (secondary N) is 2. The lowest BCUT2D eigenvalue weighted by molar-refractivity contribution is -0.118. The molecule has 5 rings (SSSR count).